The molecule has 0 saturated carbocycles. The van der Waals surface area contributed by atoms with Crippen LogP contribution < -0.4 is 0 Å². The van der Waals surface area contributed by atoms with Gasteiger partial charge in [-0.3, -0.25) is 4.79 Å². The highest BCUT2D eigenvalue weighted by molar-refractivity contribution is 8.00. The Bertz CT molecular complexity index is 984. The summed E-state index contributed by atoms with van der Waals surface area (Å²) in [6.07, 6.45) is 1.12. The minimum atomic E-state index is -0.913. The lowest BCUT2D eigenvalue weighted by Crippen LogP contribution is -2.43. The van der Waals surface area contributed by atoms with Gasteiger partial charge in [0.25, 0.3) is 0 Å². The number of rotatable bonds is 6. The molecule has 2 aromatic carbocycles. The summed E-state index contributed by atoms with van der Waals surface area (Å²) in [6, 6.07) is 19.5. The fourth-order valence-corrected chi connectivity index (χ4v) is 6.27. The van der Waals surface area contributed by atoms with Crippen molar-refractivity contribution in [1.82, 2.24) is 4.90 Å². The highest BCUT2D eigenvalue weighted by atomic mass is 32.2. The molecule has 4 nitrogen and oxygen atoms in total. The number of fused-ring (bicyclic) bond motifs is 1. The Kier molecular flexibility index (Phi) is 5.92. The predicted molar refractivity (Wildman–Crippen MR) is 119 cm³/mol. The van der Waals surface area contributed by atoms with E-state index >= 15 is 0 Å². The zero-order chi connectivity index (χ0) is 20.4. The smallest absolute Gasteiger partial charge is 0.326 e. The van der Waals surface area contributed by atoms with Crippen LogP contribution in [0.25, 0.3) is 10.1 Å². The van der Waals surface area contributed by atoms with Crippen LogP contribution in [0.1, 0.15) is 18.2 Å². The highest BCUT2D eigenvalue weighted by Gasteiger charge is 2.41. The number of hydrogen-bond acceptors (Lipinski definition) is 4. The standard InChI is InChI=1S/C23H23NO3S2/c1-15(11-18-12-16-7-5-6-10-21(16)29-18)22(25)24-14-19(13-20(24)23(26)27)28-17-8-3-2-4-9-17/h2-10,12,15,19-20H,11,13-14H2,1H3,(H,26,27)/t15-,19-,20-/m0/s1. The lowest BCUT2D eigenvalue weighted by Gasteiger charge is -2.24. The van der Waals surface area contributed by atoms with E-state index in [1.165, 1.54) is 10.1 Å². The van der Waals surface area contributed by atoms with Gasteiger partial charge < -0.3 is 10.0 Å². The first-order chi connectivity index (χ1) is 14.0. The Morgan fingerprint density at radius 1 is 1.17 bits per heavy atom. The zero-order valence-electron chi connectivity index (χ0n) is 16.2. The van der Waals surface area contributed by atoms with Crippen molar-refractivity contribution in [1.29, 1.82) is 0 Å². The molecule has 4 rings (SSSR count). The summed E-state index contributed by atoms with van der Waals surface area (Å²) >= 11 is 3.36. The van der Waals surface area contributed by atoms with Crippen LogP contribution in [0.2, 0.25) is 0 Å². The largest absolute Gasteiger partial charge is 0.480 e. The van der Waals surface area contributed by atoms with E-state index in [1.807, 2.05) is 49.4 Å². The Balaban J connectivity index is 1.45. The van der Waals surface area contributed by atoms with Gasteiger partial charge in [-0.2, -0.15) is 0 Å². The molecule has 3 atom stereocenters. The van der Waals surface area contributed by atoms with Crippen molar-refractivity contribution in [2.75, 3.05) is 6.54 Å². The van der Waals surface area contributed by atoms with Gasteiger partial charge in [-0.25, -0.2) is 4.79 Å². The number of likely N-dealkylation sites (tertiary alicyclic amines) is 1. The average molecular weight is 426 g/mol. The number of benzene rings is 2. The van der Waals surface area contributed by atoms with Gasteiger partial charge in [0.2, 0.25) is 5.91 Å². The summed E-state index contributed by atoms with van der Waals surface area (Å²) in [7, 11) is 0. The second-order valence-electron chi connectivity index (χ2n) is 7.49. The number of thiophene rings is 1. The first-order valence-electron chi connectivity index (χ1n) is 9.73. The van der Waals surface area contributed by atoms with Gasteiger partial charge in [0, 0.05) is 32.2 Å². The van der Waals surface area contributed by atoms with Crippen LogP contribution in [-0.2, 0) is 16.0 Å². The van der Waals surface area contributed by atoms with E-state index in [1.54, 1.807) is 28.0 Å². The minimum absolute atomic E-state index is 0.0639. The van der Waals surface area contributed by atoms with Crippen LogP contribution in [0.3, 0.4) is 0 Å². The van der Waals surface area contributed by atoms with Crippen LogP contribution in [0, 0.1) is 5.92 Å². The van der Waals surface area contributed by atoms with Gasteiger partial charge in [-0.05, 0) is 42.5 Å². The molecule has 29 heavy (non-hydrogen) atoms. The van der Waals surface area contributed by atoms with Crippen molar-refractivity contribution in [3.63, 3.8) is 0 Å². The molecule has 150 valence electrons. The van der Waals surface area contributed by atoms with Crippen LogP contribution in [-0.4, -0.2) is 39.7 Å². The number of nitrogens with zero attached hydrogens (tertiary/aromatic N) is 1. The molecular weight excluding hydrogens is 402 g/mol. The maximum atomic E-state index is 13.1. The lowest BCUT2D eigenvalue weighted by molar-refractivity contribution is -0.149. The van der Waals surface area contributed by atoms with E-state index in [4.69, 9.17) is 0 Å². The fraction of sp³-hybridized carbons (Fsp3) is 0.304. The molecule has 1 aliphatic heterocycles. The van der Waals surface area contributed by atoms with Gasteiger partial charge >= 0.3 is 5.97 Å². The fourth-order valence-electron chi connectivity index (χ4n) is 3.86. The maximum Gasteiger partial charge on any atom is 0.326 e. The molecule has 1 aromatic heterocycles. The van der Waals surface area contributed by atoms with Crippen molar-refractivity contribution in [3.05, 3.63) is 65.5 Å². The third-order valence-corrected chi connectivity index (χ3v) is 7.64. The molecule has 0 aliphatic carbocycles. The van der Waals surface area contributed by atoms with Crippen molar-refractivity contribution >= 4 is 45.1 Å². The molecule has 1 N–H and O–H groups in total. The van der Waals surface area contributed by atoms with Crippen molar-refractivity contribution in [2.24, 2.45) is 5.92 Å². The van der Waals surface area contributed by atoms with Gasteiger partial charge in [0.05, 0.1) is 0 Å². The molecule has 0 unspecified atom stereocenters. The van der Waals surface area contributed by atoms with Crippen LogP contribution in [0.5, 0.6) is 0 Å². The number of hydrogen-bond donors (Lipinski definition) is 1. The van der Waals surface area contributed by atoms with Crippen LogP contribution in [0.4, 0.5) is 0 Å². The molecular formula is C23H23NO3S2. The summed E-state index contributed by atoms with van der Waals surface area (Å²) in [5.41, 5.74) is 0. The average Bonchev–Trinajstić information content (AvgIpc) is 3.31. The number of carbonyl (C=O) groups is 2. The molecule has 0 spiro atoms. The summed E-state index contributed by atoms with van der Waals surface area (Å²) < 4.78 is 1.21. The molecule has 1 fully saturated rings. The molecule has 2 heterocycles. The van der Waals surface area contributed by atoms with E-state index < -0.39 is 12.0 Å². The van der Waals surface area contributed by atoms with Crippen molar-refractivity contribution in [3.8, 4) is 0 Å². The van der Waals surface area contributed by atoms with Crippen molar-refractivity contribution < 1.29 is 14.7 Å². The number of carboxylic acid groups (broad SMARTS) is 1. The molecule has 6 heteroatoms. The van der Waals surface area contributed by atoms with Crippen LogP contribution in [0.15, 0.2) is 65.6 Å². The molecule has 1 saturated heterocycles. The topological polar surface area (TPSA) is 57.6 Å². The van der Waals surface area contributed by atoms with Gasteiger partial charge in [-0.15, -0.1) is 23.1 Å². The van der Waals surface area contributed by atoms with Gasteiger partial charge in [0.15, 0.2) is 0 Å². The summed E-state index contributed by atoms with van der Waals surface area (Å²) in [6.45, 7) is 2.38. The molecule has 0 bridgehead atoms. The third kappa shape index (κ3) is 4.49. The first-order valence-corrected chi connectivity index (χ1v) is 11.4. The number of amides is 1. The molecule has 3 aromatic rings. The van der Waals surface area contributed by atoms with Gasteiger partial charge in [0.1, 0.15) is 6.04 Å². The summed E-state index contributed by atoms with van der Waals surface area (Å²) in [5, 5.41) is 11.0. The van der Waals surface area contributed by atoms with E-state index in [0.29, 0.717) is 19.4 Å². The monoisotopic (exact) mass is 425 g/mol. The first kappa shape index (κ1) is 20.0. The minimum Gasteiger partial charge on any atom is -0.480 e. The maximum absolute atomic E-state index is 13.1. The Labute approximate surface area is 178 Å². The normalized spacial score (nSPS) is 20.1. The Morgan fingerprint density at radius 2 is 1.90 bits per heavy atom. The molecule has 1 aliphatic rings. The number of carbonyl (C=O) groups excluding carboxylic acids is 1. The van der Waals surface area contributed by atoms with E-state index in [-0.39, 0.29) is 17.1 Å². The molecule has 0 radical (unpaired) electrons. The predicted octanol–water partition coefficient (Wildman–Crippen LogP) is 4.93. The van der Waals surface area contributed by atoms with E-state index in [9.17, 15) is 14.7 Å². The summed E-state index contributed by atoms with van der Waals surface area (Å²) in [5.74, 6) is -1.22. The zero-order valence-corrected chi connectivity index (χ0v) is 17.8. The third-order valence-electron chi connectivity index (χ3n) is 5.28. The number of carboxylic acids is 1. The van der Waals surface area contributed by atoms with E-state index in [2.05, 4.69) is 18.2 Å². The lowest BCUT2D eigenvalue weighted by atomic mass is 10.0. The second kappa shape index (κ2) is 8.59. The molecule has 1 amide bonds. The SMILES string of the molecule is C[C@@H](Cc1cc2ccccc2s1)C(=O)N1C[C@@H](Sc2ccccc2)C[C@H]1C(=O)O. The Hall–Kier alpha value is -2.31. The Morgan fingerprint density at radius 3 is 2.62 bits per heavy atom. The highest BCUT2D eigenvalue weighted by Crippen LogP contribution is 2.34. The van der Waals surface area contributed by atoms with Crippen LogP contribution >= 0.6 is 23.1 Å². The van der Waals surface area contributed by atoms with Crippen molar-refractivity contribution in [2.45, 2.75) is 36.0 Å². The second-order valence-corrected chi connectivity index (χ2v) is 10.0. The summed E-state index contributed by atoms with van der Waals surface area (Å²) in [4.78, 5) is 28.8. The van der Waals surface area contributed by atoms with E-state index in [0.717, 1.165) is 9.77 Å². The number of aliphatic carboxylic acids is 1. The van der Waals surface area contributed by atoms with Gasteiger partial charge in [-0.1, -0.05) is 43.3 Å². The quantitative estimate of drug-likeness (QED) is 0.609. The number of thioether (sulfide) groups is 1.